The van der Waals surface area contributed by atoms with Gasteiger partial charge in [-0.1, -0.05) is 391 Å². The molecule has 0 aromatic rings. The van der Waals surface area contributed by atoms with Crippen molar-refractivity contribution in [2.75, 3.05) is 13.2 Å². The molecule has 0 aliphatic rings. The van der Waals surface area contributed by atoms with E-state index >= 15 is 0 Å². The molecule has 0 heterocycles. The Morgan fingerprint density at radius 1 is 0.310 bits per heavy atom. The third kappa shape index (κ3) is 73.3. The monoisotopic (exact) mass is 1220 g/mol. The van der Waals surface area contributed by atoms with Crippen molar-refractivity contribution < 1.29 is 24.5 Å². The molecule has 0 rings (SSSR count). The smallest absolute Gasteiger partial charge is 0.305 e. The lowest BCUT2D eigenvalue weighted by atomic mass is 10.0. The van der Waals surface area contributed by atoms with Crippen molar-refractivity contribution in [3.8, 4) is 0 Å². The van der Waals surface area contributed by atoms with Crippen LogP contribution in [0.15, 0.2) is 24.3 Å². The number of amides is 1. The molecule has 0 aromatic carbocycles. The lowest BCUT2D eigenvalue weighted by Crippen LogP contribution is -2.45. The first-order chi connectivity index (χ1) is 43.0. The minimum absolute atomic E-state index is 0.0114. The molecule has 0 aromatic heterocycles. The summed E-state index contributed by atoms with van der Waals surface area (Å²) in [6, 6.07) is -0.541. The largest absolute Gasteiger partial charge is 0.466 e. The summed E-state index contributed by atoms with van der Waals surface area (Å²) < 4.78 is 5.50. The second-order valence-corrected chi connectivity index (χ2v) is 27.7. The summed E-state index contributed by atoms with van der Waals surface area (Å²) in [6.07, 6.45) is 98.4. The standard InChI is InChI=1S/C81H157NO5/c1-3-5-7-9-11-13-15-17-19-21-22-23-33-36-39-42-45-49-53-57-61-65-69-73-79(84)78(77-83)82-80(85)74-70-66-62-58-54-50-46-43-40-37-34-31-29-27-25-24-26-28-30-32-35-38-41-44-48-52-56-60-64-68-72-76-87-81(86)75-71-67-63-59-55-51-47-20-18-16-14-12-10-8-6-4-2/h20,26,28,47,78-79,83-84H,3-19,21-25,27,29-46,48-77H2,1-2H3,(H,82,85)/b28-26-,47-20-. The van der Waals surface area contributed by atoms with Gasteiger partial charge in [-0.2, -0.15) is 0 Å². The molecule has 516 valence electrons. The number of aliphatic hydroxyl groups is 2. The lowest BCUT2D eigenvalue weighted by Gasteiger charge is -2.22. The average Bonchev–Trinajstić information content (AvgIpc) is 3.52. The van der Waals surface area contributed by atoms with Crippen LogP contribution in [0.25, 0.3) is 0 Å². The molecule has 0 radical (unpaired) electrons. The molecule has 0 saturated heterocycles. The number of hydrogen-bond acceptors (Lipinski definition) is 5. The van der Waals surface area contributed by atoms with Crippen LogP contribution in [0.2, 0.25) is 0 Å². The normalized spacial score (nSPS) is 12.6. The molecule has 1 amide bonds. The highest BCUT2D eigenvalue weighted by Gasteiger charge is 2.20. The van der Waals surface area contributed by atoms with E-state index in [-0.39, 0.29) is 18.5 Å². The maximum absolute atomic E-state index is 12.6. The average molecular weight is 1230 g/mol. The highest BCUT2D eigenvalue weighted by atomic mass is 16.5. The molecule has 87 heavy (non-hydrogen) atoms. The van der Waals surface area contributed by atoms with Crippen LogP contribution in [0, 0.1) is 0 Å². The summed E-state index contributed by atoms with van der Waals surface area (Å²) in [7, 11) is 0. The number of aliphatic hydroxyl groups excluding tert-OH is 2. The number of carbonyl (C=O) groups excluding carboxylic acids is 2. The van der Waals surface area contributed by atoms with Crippen molar-refractivity contribution in [3.63, 3.8) is 0 Å². The quantitative estimate of drug-likeness (QED) is 0.0320. The predicted molar refractivity (Wildman–Crippen MR) is 384 cm³/mol. The molecule has 6 heteroatoms. The molecule has 2 unspecified atom stereocenters. The van der Waals surface area contributed by atoms with Gasteiger partial charge in [0.25, 0.3) is 0 Å². The Morgan fingerprint density at radius 3 is 0.816 bits per heavy atom. The molecule has 0 aliphatic carbocycles. The van der Waals surface area contributed by atoms with E-state index in [1.54, 1.807) is 0 Å². The van der Waals surface area contributed by atoms with Gasteiger partial charge in [0, 0.05) is 12.8 Å². The molecule has 6 nitrogen and oxygen atoms in total. The Hall–Kier alpha value is -1.66. The first-order valence-electron chi connectivity index (χ1n) is 40.1. The Bertz CT molecular complexity index is 1360. The minimum atomic E-state index is -0.664. The summed E-state index contributed by atoms with van der Waals surface area (Å²) in [6.45, 7) is 5.00. The first kappa shape index (κ1) is 85.3. The third-order valence-electron chi connectivity index (χ3n) is 19.0. The van der Waals surface area contributed by atoms with E-state index in [0.29, 0.717) is 25.9 Å². The van der Waals surface area contributed by atoms with Crippen molar-refractivity contribution in [1.29, 1.82) is 0 Å². The van der Waals surface area contributed by atoms with Crippen LogP contribution >= 0.6 is 0 Å². The van der Waals surface area contributed by atoms with Crippen molar-refractivity contribution in [3.05, 3.63) is 24.3 Å². The molecule has 0 aliphatic heterocycles. The summed E-state index contributed by atoms with van der Waals surface area (Å²) in [4.78, 5) is 24.7. The number of nitrogens with one attached hydrogen (secondary N) is 1. The highest BCUT2D eigenvalue weighted by Crippen LogP contribution is 2.20. The lowest BCUT2D eigenvalue weighted by molar-refractivity contribution is -0.143. The highest BCUT2D eigenvalue weighted by molar-refractivity contribution is 5.76. The molecule has 0 saturated carbocycles. The van der Waals surface area contributed by atoms with Crippen LogP contribution in [-0.4, -0.2) is 47.4 Å². The van der Waals surface area contributed by atoms with Gasteiger partial charge in [0.2, 0.25) is 5.91 Å². The van der Waals surface area contributed by atoms with Gasteiger partial charge in [-0.15, -0.1) is 0 Å². The van der Waals surface area contributed by atoms with Crippen LogP contribution in [0.4, 0.5) is 0 Å². The molecule has 0 spiro atoms. The fraction of sp³-hybridized carbons (Fsp3) is 0.926. The second kappa shape index (κ2) is 76.8. The van der Waals surface area contributed by atoms with Gasteiger partial charge >= 0.3 is 5.97 Å². The van der Waals surface area contributed by atoms with Crippen molar-refractivity contribution in [2.24, 2.45) is 0 Å². The Balaban J connectivity index is 3.36. The summed E-state index contributed by atoms with van der Waals surface area (Å²) in [5.74, 6) is -0.0159. The maximum Gasteiger partial charge on any atom is 0.305 e. The van der Waals surface area contributed by atoms with E-state index in [9.17, 15) is 19.8 Å². The fourth-order valence-electron chi connectivity index (χ4n) is 12.9. The van der Waals surface area contributed by atoms with Crippen molar-refractivity contribution >= 4 is 11.9 Å². The Morgan fingerprint density at radius 2 is 0.540 bits per heavy atom. The Labute approximate surface area is 545 Å². The van der Waals surface area contributed by atoms with Gasteiger partial charge in [-0.25, -0.2) is 0 Å². The first-order valence-corrected chi connectivity index (χ1v) is 40.1. The van der Waals surface area contributed by atoms with Gasteiger partial charge in [0.15, 0.2) is 0 Å². The topological polar surface area (TPSA) is 95.9 Å². The van der Waals surface area contributed by atoms with E-state index in [1.165, 1.54) is 379 Å². The van der Waals surface area contributed by atoms with Crippen molar-refractivity contribution in [2.45, 2.75) is 469 Å². The third-order valence-corrected chi connectivity index (χ3v) is 19.0. The molecular weight excluding hydrogens is 1070 g/mol. The molecule has 2 atom stereocenters. The van der Waals surface area contributed by atoms with Crippen LogP contribution in [0.3, 0.4) is 0 Å². The van der Waals surface area contributed by atoms with E-state index in [4.69, 9.17) is 4.74 Å². The number of esters is 1. The van der Waals surface area contributed by atoms with E-state index in [2.05, 4.69) is 43.5 Å². The fourth-order valence-corrected chi connectivity index (χ4v) is 12.9. The summed E-state index contributed by atoms with van der Waals surface area (Å²) >= 11 is 0. The molecule has 3 N–H and O–H groups in total. The SMILES string of the molecule is CCCCCCCCC/C=C\CCCCCCCC(=O)OCCCCCCCCCCCCCC/C=C\CCCCCCCCCCCCCCCCCC(=O)NC(CO)C(O)CCCCCCCCCCCCCCCCCCCCCCCCC. The van der Waals surface area contributed by atoms with Crippen LogP contribution in [-0.2, 0) is 14.3 Å². The molecule has 0 bridgehead atoms. The second-order valence-electron chi connectivity index (χ2n) is 27.7. The van der Waals surface area contributed by atoms with Crippen LogP contribution < -0.4 is 5.32 Å². The van der Waals surface area contributed by atoms with Crippen LogP contribution in [0.5, 0.6) is 0 Å². The Kier molecular flexibility index (Phi) is 75.3. The summed E-state index contributed by atoms with van der Waals surface area (Å²) in [5.41, 5.74) is 0. The molecular formula is C81H157NO5. The van der Waals surface area contributed by atoms with Gasteiger partial charge in [-0.05, 0) is 77.0 Å². The van der Waals surface area contributed by atoms with Gasteiger partial charge in [0.1, 0.15) is 0 Å². The number of rotatable bonds is 76. The number of allylic oxidation sites excluding steroid dienone is 4. The van der Waals surface area contributed by atoms with E-state index in [1.807, 2.05) is 0 Å². The van der Waals surface area contributed by atoms with E-state index in [0.717, 1.165) is 44.9 Å². The predicted octanol–water partition coefficient (Wildman–Crippen LogP) is 26.4. The maximum atomic E-state index is 12.6. The van der Waals surface area contributed by atoms with Crippen molar-refractivity contribution in [1.82, 2.24) is 5.32 Å². The van der Waals surface area contributed by atoms with Crippen LogP contribution in [0.1, 0.15) is 457 Å². The van der Waals surface area contributed by atoms with E-state index < -0.39 is 12.1 Å². The van der Waals surface area contributed by atoms with Gasteiger partial charge in [0.05, 0.1) is 25.4 Å². The minimum Gasteiger partial charge on any atom is -0.466 e. The summed E-state index contributed by atoms with van der Waals surface area (Å²) in [5, 5.41) is 23.5. The number of ether oxygens (including phenoxy) is 1. The molecule has 0 fully saturated rings. The van der Waals surface area contributed by atoms with Gasteiger partial charge in [-0.3, -0.25) is 9.59 Å². The number of hydrogen-bond donors (Lipinski definition) is 3. The zero-order valence-electron chi connectivity index (χ0n) is 59.3. The number of unbranched alkanes of at least 4 members (excludes halogenated alkanes) is 61. The zero-order chi connectivity index (χ0) is 62.8. The number of carbonyl (C=O) groups is 2. The van der Waals surface area contributed by atoms with Gasteiger partial charge < -0.3 is 20.3 Å². The zero-order valence-corrected chi connectivity index (χ0v) is 59.3.